The Kier molecular flexibility index (Phi) is 8.92. The van der Waals surface area contributed by atoms with Crippen molar-refractivity contribution in [2.45, 2.75) is 59.5 Å². The van der Waals surface area contributed by atoms with Gasteiger partial charge in [0.15, 0.2) is 0 Å². The number of rotatable bonds is 0. The van der Waals surface area contributed by atoms with Crippen LogP contribution in [0.1, 0.15) is 53.9 Å². The lowest BCUT2D eigenvalue weighted by molar-refractivity contribution is -0.0147. The molecular weight excluding hydrogens is 124 g/mol. The van der Waals surface area contributed by atoms with E-state index in [9.17, 15) is 0 Å². The molecule has 1 fully saturated rings. The average molecular weight is 146 g/mol. The summed E-state index contributed by atoms with van der Waals surface area (Å²) in [6, 6.07) is 0. The Bertz CT molecular complexity index is 51.7. The molecule has 0 heterocycles. The summed E-state index contributed by atoms with van der Waals surface area (Å²) >= 11 is 0. The zero-order valence-electron chi connectivity index (χ0n) is 8.07. The van der Waals surface area contributed by atoms with Crippen molar-refractivity contribution in [3.8, 4) is 0 Å². The molecule has 1 heteroatoms. The van der Waals surface area contributed by atoms with Crippen LogP contribution in [0.5, 0.6) is 0 Å². The molecule has 0 bridgehead atoms. The molecule has 0 aromatic heterocycles. The highest BCUT2D eigenvalue weighted by Crippen LogP contribution is 2.29. The summed E-state index contributed by atoms with van der Waals surface area (Å²) in [6.45, 7) is 9.89. The van der Waals surface area contributed by atoms with Gasteiger partial charge in [-0.2, -0.15) is 0 Å². The van der Waals surface area contributed by atoms with Crippen LogP contribution in [0.2, 0.25) is 0 Å². The second-order valence-corrected chi connectivity index (χ2v) is 2.35. The standard InChI is InChI=1S/C5H10O.2C2H6/c1-5(6)3-2-4-5;2*1-2/h6H,2-4H2,1H3;2*1-2H3. The van der Waals surface area contributed by atoms with E-state index in [0.29, 0.717) is 0 Å². The SMILES string of the molecule is CC.CC.CC1(O)CCC1. The summed E-state index contributed by atoms with van der Waals surface area (Å²) in [4.78, 5) is 0. The topological polar surface area (TPSA) is 20.2 Å². The molecule has 0 aromatic rings. The average Bonchev–Trinajstić information content (AvgIpc) is 1.94. The van der Waals surface area contributed by atoms with E-state index in [1.165, 1.54) is 6.42 Å². The van der Waals surface area contributed by atoms with Gasteiger partial charge in [-0.3, -0.25) is 0 Å². The van der Waals surface area contributed by atoms with Crippen molar-refractivity contribution in [2.24, 2.45) is 0 Å². The number of aliphatic hydroxyl groups is 1. The van der Waals surface area contributed by atoms with Crippen LogP contribution in [0.4, 0.5) is 0 Å². The zero-order valence-corrected chi connectivity index (χ0v) is 8.07. The molecule has 0 spiro atoms. The Labute approximate surface area is 65.5 Å². The molecule has 1 nitrogen and oxygen atoms in total. The van der Waals surface area contributed by atoms with E-state index in [-0.39, 0.29) is 5.60 Å². The van der Waals surface area contributed by atoms with Gasteiger partial charge in [0.1, 0.15) is 0 Å². The summed E-state index contributed by atoms with van der Waals surface area (Å²) in [5.74, 6) is 0. The molecule has 0 saturated heterocycles. The van der Waals surface area contributed by atoms with E-state index >= 15 is 0 Å². The molecule has 0 aromatic carbocycles. The Morgan fingerprint density at radius 2 is 1.20 bits per heavy atom. The maximum Gasteiger partial charge on any atom is 0.0619 e. The van der Waals surface area contributed by atoms with Crippen LogP contribution >= 0.6 is 0 Å². The largest absolute Gasteiger partial charge is 0.390 e. The lowest BCUT2D eigenvalue weighted by Gasteiger charge is -2.31. The highest BCUT2D eigenvalue weighted by molar-refractivity contribution is 4.81. The van der Waals surface area contributed by atoms with Crippen molar-refractivity contribution in [1.29, 1.82) is 0 Å². The summed E-state index contributed by atoms with van der Waals surface area (Å²) in [5, 5.41) is 8.91. The molecule has 0 unspecified atom stereocenters. The minimum absolute atomic E-state index is 0.278. The van der Waals surface area contributed by atoms with Crippen molar-refractivity contribution in [3.63, 3.8) is 0 Å². The summed E-state index contributed by atoms with van der Waals surface area (Å²) in [5.41, 5.74) is -0.278. The van der Waals surface area contributed by atoms with Crippen LogP contribution in [0, 0.1) is 0 Å². The normalized spacial score (nSPS) is 18.6. The van der Waals surface area contributed by atoms with Crippen molar-refractivity contribution in [1.82, 2.24) is 0 Å². The van der Waals surface area contributed by atoms with Gasteiger partial charge >= 0.3 is 0 Å². The van der Waals surface area contributed by atoms with Crippen LogP contribution in [0.3, 0.4) is 0 Å². The third kappa shape index (κ3) is 6.09. The van der Waals surface area contributed by atoms with Crippen molar-refractivity contribution in [3.05, 3.63) is 0 Å². The molecule has 1 rings (SSSR count). The molecular formula is C9H22O. The maximum absolute atomic E-state index is 8.91. The van der Waals surface area contributed by atoms with Crippen LogP contribution in [-0.2, 0) is 0 Å². The molecule has 64 valence electrons. The monoisotopic (exact) mass is 146 g/mol. The minimum atomic E-state index is -0.278. The molecule has 1 aliphatic carbocycles. The van der Waals surface area contributed by atoms with Gasteiger partial charge in [0.25, 0.3) is 0 Å². The lowest BCUT2D eigenvalue weighted by Crippen LogP contribution is -2.32. The van der Waals surface area contributed by atoms with Gasteiger partial charge in [-0.1, -0.05) is 27.7 Å². The zero-order chi connectivity index (χ0) is 8.62. The van der Waals surface area contributed by atoms with Gasteiger partial charge in [0.05, 0.1) is 5.60 Å². The van der Waals surface area contributed by atoms with Crippen LogP contribution in [0.15, 0.2) is 0 Å². The third-order valence-electron chi connectivity index (χ3n) is 1.43. The Morgan fingerprint density at radius 1 is 1.00 bits per heavy atom. The molecule has 1 N–H and O–H groups in total. The van der Waals surface area contributed by atoms with Crippen molar-refractivity contribution >= 4 is 0 Å². The molecule has 1 aliphatic rings. The highest BCUT2D eigenvalue weighted by atomic mass is 16.3. The molecule has 10 heavy (non-hydrogen) atoms. The first-order valence-corrected chi connectivity index (χ1v) is 4.43. The first kappa shape index (κ1) is 12.6. The van der Waals surface area contributed by atoms with Gasteiger partial charge in [0.2, 0.25) is 0 Å². The first-order chi connectivity index (χ1) is 4.71. The second kappa shape index (κ2) is 7.07. The smallest absolute Gasteiger partial charge is 0.0619 e. The van der Waals surface area contributed by atoms with E-state index in [1.807, 2.05) is 34.6 Å². The Balaban J connectivity index is 0. The molecule has 0 aliphatic heterocycles. The molecule has 0 amide bonds. The number of hydrogen-bond acceptors (Lipinski definition) is 1. The van der Waals surface area contributed by atoms with Crippen LogP contribution < -0.4 is 0 Å². The molecule has 1 saturated carbocycles. The fraction of sp³-hybridized carbons (Fsp3) is 1.00. The highest BCUT2D eigenvalue weighted by Gasteiger charge is 2.27. The first-order valence-electron chi connectivity index (χ1n) is 4.43. The van der Waals surface area contributed by atoms with E-state index in [1.54, 1.807) is 0 Å². The lowest BCUT2D eigenvalue weighted by atomic mass is 9.82. The second-order valence-electron chi connectivity index (χ2n) is 2.35. The summed E-state index contributed by atoms with van der Waals surface area (Å²) < 4.78 is 0. The fourth-order valence-electron chi connectivity index (χ4n) is 0.688. The van der Waals surface area contributed by atoms with Crippen LogP contribution in [0.25, 0.3) is 0 Å². The summed E-state index contributed by atoms with van der Waals surface area (Å²) in [7, 11) is 0. The molecule has 0 radical (unpaired) electrons. The number of hydrogen-bond donors (Lipinski definition) is 1. The van der Waals surface area contributed by atoms with Crippen LogP contribution in [-0.4, -0.2) is 10.7 Å². The quantitative estimate of drug-likeness (QED) is 0.557. The Hall–Kier alpha value is -0.0400. The van der Waals surface area contributed by atoms with Gasteiger partial charge in [-0.25, -0.2) is 0 Å². The predicted octanol–water partition coefficient (Wildman–Crippen LogP) is 2.97. The Morgan fingerprint density at radius 3 is 1.20 bits per heavy atom. The van der Waals surface area contributed by atoms with Gasteiger partial charge in [-0.05, 0) is 26.2 Å². The van der Waals surface area contributed by atoms with E-state index in [4.69, 9.17) is 5.11 Å². The van der Waals surface area contributed by atoms with E-state index in [0.717, 1.165) is 12.8 Å². The maximum atomic E-state index is 8.91. The predicted molar refractivity (Wildman–Crippen MR) is 47.2 cm³/mol. The van der Waals surface area contributed by atoms with E-state index < -0.39 is 0 Å². The third-order valence-corrected chi connectivity index (χ3v) is 1.43. The van der Waals surface area contributed by atoms with Gasteiger partial charge in [0, 0.05) is 0 Å². The minimum Gasteiger partial charge on any atom is -0.390 e. The molecule has 0 atom stereocenters. The van der Waals surface area contributed by atoms with Gasteiger partial charge in [-0.15, -0.1) is 0 Å². The van der Waals surface area contributed by atoms with Crippen molar-refractivity contribution < 1.29 is 5.11 Å². The van der Waals surface area contributed by atoms with Crippen molar-refractivity contribution in [2.75, 3.05) is 0 Å². The summed E-state index contributed by atoms with van der Waals surface area (Å²) in [6.07, 6.45) is 3.23. The van der Waals surface area contributed by atoms with Gasteiger partial charge < -0.3 is 5.11 Å². The fourth-order valence-corrected chi connectivity index (χ4v) is 0.688. The van der Waals surface area contributed by atoms with E-state index in [2.05, 4.69) is 0 Å².